The Morgan fingerprint density at radius 1 is 1.24 bits per heavy atom. The van der Waals surface area contributed by atoms with E-state index in [-0.39, 0.29) is 11.4 Å². The molecule has 0 saturated carbocycles. The largest absolute Gasteiger partial charge is 0.274 e. The first kappa shape index (κ1) is 17.2. The molecule has 0 N–H and O–H groups in total. The third-order valence-corrected chi connectivity index (χ3v) is 4.60. The van der Waals surface area contributed by atoms with Crippen LogP contribution in [-0.4, -0.2) is 21.2 Å². The average molecular weight is 327 g/mol. The van der Waals surface area contributed by atoms with Crippen molar-refractivity contribution in [2.24, 2.45) is 5.92 Å². The minimum Gasteiger partial charge on any atom is -0.274 e. The van der Waals surface area contributed by atoms with Crippen molar-refractivity contribution >= 4 is 33.6 Å². The summed E-state index contributed by atoms with van der Waals surface area (Å²) in [7, 11) is 0. The van der Waals surface area contributed by atoms with Gasteiger partial charge in [0.1, 0.15) is 0 Å². The summed E-state index contributed by atoms with van der Waals surface area (Å²) in [4.78, 5) is 11.9. The van der Waals surface area contributed by atoms with Crippen LogP contribution in [0.5, 0.6) is 0 Å². The third-order valence-electron chi connectivity index (χ3n) is 3.41. The van der Waals surface area contributed by atoms with E-state index in [0.29, 0.717) is 12.3 Å². The van der Waals surface area contributed by atoms with Gasteiger partial charge in [0, 0.05) is 23.5 Å². The second-order valence-corrected chi connectivity index (χ2v) is 6.47. The predicted molar refractivity (Wildman–Crippen MR) is 78.5 cm³/mol. The topological polar surface area (TPSA) is 20.3 Å². The number of hydrogen-bond donors (Lipinski definition) is 0. The highest BCUT2D eigenvalue weighted by molar-refractivity contribution is 9.09. The molecule has 0 rings (SSSR count). The van der Waals surface area contributed by atoms with E-state index < -0.39 is 0 Å². The Hall–Kier alpha value is 0.240. The standard InChI is InChI=1S/C13H25BrClNO/c1-11(2)13(3,4)16(15)12(17)9-7-5-6-8-10-14/h11H,5-10H2,1-4H3. The van der Waals surface area contributed by atoms with Gasteiger partial charge in [0.15, 0.2) is 0 Å². The Balaban J connectivity index is 3.98. The number of alkyl halides is 1. The van der Waals surface area contributed by atoms with E-state index >= 15 is 0 Å². The van der Waals surface area contributed by atoms with E-state index in [0.717, 1.165) is 18.2 Å². The quantitative estimate of drug-likeness (QED) is 0.358. The normalized spacial score (nSPS) is 11.9. The molecule has 0 unspecified atom stereocenters. The van der Waals surface area contributed by atoms with Crippen molar-refractivity contribution in [3.05, 3.63) is 0 Å². The van der Waals surface area contributed by atoms with Gasteiger partial charge in [-0.2, -0.15) is 0 Å². The number of unbranched alkanes of at least 4 members (excludes halogenated alkanes) is 3. The predicted octanol–water partition coefficient (Wildman–Crippen LogP) is 4.75. The number of amides is 1. The lowest BCUT2D eigenvalue weighted by molar-refractivity contribution is -0.131. The zero-order chi connectivity index (χ0) is 13.5. The van der Waals surface area contributed by atoms with Crippen molar-refractivity contribution in [3.63, 3.8) is 0 Å². The first-order chi connectivity index (χ1) is 7.84. The average Bonchev–Trinajstić information content (AvgIpc) is 2.27. The molecule has 0 spiro atoms. The summed E-state index contributed by atoms with van der Waals surface area (Å²) in [5, 5.41) is 1.04. The highest BCUT2D eigenvalue weighted by atomic mass is 79.9. The fourth-order valence-corrected chi connectivity index (χ4v) is 2.05. The lowest BCUT2D eigenvalue weighted by Gasteiger charge is -2.36. The zero-order valence-corrected chi connectivity index (χ0v) is 13.8. The van der Waals surface area contributed by atoms with Crippen LogP contribution in [0.1, 0.15) is 59.8 Å². The van der Waals surface area contributed by atoms with Crippen molar-refractivity contribution in [3.8, 4) is 0 Å². The summed E-state index contributed by atoms with van der Waals surface area (Å²) >= 11 is 9.53. The van der Waals surface area contributed by atoms with Crippen LogP contribution in [0.4, 0.5) is 0 Å². The van der Waals surface area contributed by atoms with E-state index in [9.17, 15) is 4.79 Å². The van der Waals surface area contributed by atoms with Gasteiger partial charge in [0.2, 0.25) is 5.91 Å². The molecule has 17 heavy (non-hydrogen) atoms. The molecule has 0 fully saturated rings. The van der Waals surface area contributed by atoms with E-state index in [2.05, 4.69) is 29.8 Å². The lowest BCUT2D eigenvalue weighted by Crippen LogP contribution is -2.45. The van der Waals surface area contributed by atoms with Crippen molar-refractivity contribution in [1.82, 2.24) is 4.42 Å². The lowest BCUT2D eigenvalue weighted by atomic mass is 9.90. The molecule has 0 aromatic carbocycles. The van der Waals surface area contributed by atoms with Gasteiger partial charge in [-0.25, -0.2) is 4.42 Å². The van der Waals surface area contributed by atoms with Gasteiger partial charge in [-0.3, -0.25) is 4.79 Å². The zero-order valence-electron chi connectivity index (χ0n) is 11.4. The highest BCUT2D eigenvalue weighted by Gasteiger charge is 2.32. The number of nitrogens with zero attached hydrogens (tertiary/aromatic N) is 1. The molecule has 0 aliphatic heterocycles. The van der Waals surface area contributed by atoms with Crippen LogP contribution in [0.3, 0.4) is 0 Å². The van der Waals surface area contributed by atoms with E-state index in [4.69, 9.17) is 11.8 Å². The molecule has 0 bridgehead atoms. The molecular weight excluding hydrogens is 302 g/mol. The SMILES string of the molecule is CC(C)C(C)(C)N(Cl)C(=O)CCCCCCBr. The van der Waals surface area contributed by atoms with Gasteiger partial charge in [-0.05, 0) is 32.6 Å². The maximum absolute atomic E-state index is 11.9. The molecule has 0 aliphatic carbocycles. The minimum atomic E-state index is -0.283. The monoisotopic (exact) mass is 325 g/mol. The van der Waals surface area contributed by atoms with E-state index in [1.165, 1.54) is 17.3 Å². The van der Waals surface area contributed by atoms with Gasteiger partial charge in [0.25, 0.3) is 0 Å². The summed E-state index contributed by atoms with van der Waals surface area (Å²) in [6, 6.07) is 0. The maximum atomic E-state index is 11.9. The van der Waals surface area contributed by atoms with Crippen LogP contribution >= 0.6 is 27.7 Å². The fourth-order valence-electron chi connectivity index (χ4n) is 1.37. The van der Waals surface area contributed by atoms with Crippen LogP contribution in [0.25, 0.3) is 0 Å². The Bertz CT molecular complexity index is 231. The summed E-state index contributed by atoms with van der Waals surface area (Å²) in [5.74, 6) is 0.390. The number of carbonyl (C=O) groups excluding carboxylic acids is 1. The van der Waals surface area contributed by atoms with Crippen LogP contribution in [0.15, 0.2) is 0 Å². The Labute approximate surface area is 119 Å². The summed E-state index contributed by atoms with van der Waals surface area (Å²) < 4.78 is 1.39. The van der Waals surface area contributed by atoms with Gasteiger partial charge in [0.05, 0.1) is 5.54 Å². The van der Waals surface area contributed by atoms with Crippen molar-refractivity contribution in [2.45, 2.75) is 65.3 Å². The third kappa shape index (κ3) is 6.10. The molecule has 0 radical (unpaired) electrons. The number of carbonyl (C=O) groups is 1. The molecule has 102 valence electrons. The van der Waals surface area contributed by atoms with Crippen LogP contribution in [0.2, 0.25) is 0 Å². The number of rotatable bonds is 8. The van der Waals surface area contributed by atoms with Gasteiger partial charge >= 0.3 is 0 Å². The number of halogens is 2. The molecule has 0 atom stereocenters. The molecule has 0 aliphatic rings. The van der Waals surface area contributed by atoms with Gasteiger partial charge in [-0.15, -0.1) is 0 Å². The van der Waals surface area contributed by atoms with Crippen molar-refractivity contribution in [1.29, 1.82) is 0 Å². The van der Waals surface area contributed by atoms with Gasteiger partial charge < -0.3 is 0 Å². The summed E-state index contributed by atoms with van der Waals surface area (Å²) in [6.07, 6.45) is 4.94. The summed E-state index contributed by atoms with van der Waals surface area (Å²) in [6.45, 7) is 8.18. The number of hydrogen-bond acceptors (Lipinski definition) is 1. The molecule has 1 amide bonds. The fraction of sp³-hybridized carbons (Fsp3) is 0.923. The van der Waals surface area contributed by atoms with Crippen LogP contribution < -0.4 is 0 Å². The van der Waals surface area contributed by atoms with Crippen molar-refractivity contribution in [2.75, 3.05) is 5.33 Å². The van der Waals surface area contributed by atoms with Crippen LogP contribution in [-0.2, 0) is 4.79 Å². The molecule has 0 aromatic rings. The van der Waals surface area contributed by atoms with Crippen LogP contribution in [0, 0.1) is 5.92 Å². The molecule has 0 heterocycles. The Morgan fingerprint density at radius 3 is 2.24 bits per heavy atom. The second-order valence-electron chi connectivity index (χ2n) is 5.34. The maximum Gasteiger partial charge on any atom is 0.237 e. The molecule has 0 saturated heterocycles. The Kier molecular flexibility index (Phi) is 8.48. The molecule has 0 aromatic heterocycles. The highest BCUT2D eigenvalue weighted by Crippen LogP contribution is 2.27. The molecule has 4 heteroatoms. The first-order valence-corrected chi connectivity index (χ1v) is 7.84. The van der Waals surface area contributed by atoms with Gasteiger partial charge in [-0.1, -0.05) is 42.6 Å². The summed E-state index contributed by atoms with van der Waals surface area (Å²) in [5.41, 5.74) is -0.283. The van der Waals surface area contributed by atoms with E-state index in [1.54, 1.807) is 0 Å². The second kappa shape index (κ2) is 8.36. The Morgan fingerprint density at radius 2 is 1.76 bits per heavy atom. The molecule has 2 nitrogen and oxygen atoms in total. The smallest absolute Gasteiger partial charge is 0.237 e. The van der Waals surface area contributed by atoms with Crippen molar-refractivity contribution < 1.29 is 4.79 Å². The minimum absolute atomic E-state index is 0.0456. The molecular formula is C13H25BrClNO. The van der Waals surface area contributed by atoms with E-state index in [1.807, 2.05) is 13.8 Å². The first-order valence-electron chi connectivity index (χ1n) is 6.38.